The summed E-state index contributed by atoms with van der Waals surface area (Å²) in [7, 11) is 0. The molecule has 1 atom stereocenters. The van der Waals surface area contributed by atoms with E-state index in [9.17, 15) is 9.59 Å². The number of nitrogens with one attached hydrogen (secondary N) is 1. The van der Waals surface area contributed by atoms with Gasteiger partial charge in [-0.05, 0) is 44.2 Å². The molecule has 26 heavy (non-hydrogen) atoms. The average molecular weight is 432 g/mol. The first kappa shape index (κ1) is 18.7. The van der Waals surface area contributed by atoms with Crippen molar-refractivity contribution in [2.75, 3.05) is 5.32 Å². The summed E-state index contributed by atoms with van der Waals surface area (Å²) in [6, 6.07) is 14.7. The average Bonchev–Trinajstić information content (AvgIpc) is 2.62. The number of benzene rings is 2. The molecule has 0 saturated heterocycles. The van der Waals surface area contributed by atoms with Crippen molar-refractivity contribution in [3.8, 4) is 0 Å². The number of aromatic nitrogens is 2. The van der Waals surface area contributed by atoms with E-state index in [2.05, 4.69) is 26.2 Å². The van der Waals surface area contributed by atoms with Crippen molar-refractivity contribution < 1.29 is 4.79 Å². The highest BCUT2D eigenvalue weighted by molar-refractivity contribution is 9.10. The number of hydrogen-bond acceptors (Lipinski definition) is 4. The van der Waals surface area contributed by atoms with E-state index in [1.54, 1.807) is 17.6 Å². The van der Waals surface area contributed by atoms with Crippen LogP contribution in [0.2, 0.25) is 0 Å². The minimum Gasteiger partial charge on any atom is -0.325 e. The fraction of sp³-hybridized carbons (Fsp3) is 0.211. The van der Waals surface area contributed by atoms with Gasteiger partial charge in [0.05, 0.1) is 16.2 Å². The Bertz CT molecular complexity index is 1020. The van der Waals surface area contributed by atoms with Gasteiger partial charge in [-0.1, -0.05) is 45.9 Å². The summed E-state index contributed by atoms with van der Waals surface area (Å²) >= 11 is 4.67. The van der Waals surface area contributed by atoms with Crippen LogP contribution < -0.4 is 10.9 Å². The third-order valence-corrected chi connectivity index (χ3v) is 5.47. The fourth-order valence-corrected chi connectivity index (χ4v) is 3.91. The lowest BCUT2D eigenvalue weighted by atomic mass is 10.2. The largest absolute Gasteiger partial charge is 0.325 e. The molecule has 0 aliphatic heterocycles. The van der Waals surface area contributed by atoms with Gasteiger partial charge in [0.1, 0.15) is 0 Å². The van der Waals surface area contributed by atoms with Gasteiger partial charge in [0.2, 0.25) is 5.91 Å². The molecule has 3 aromatic rings. The summed E-state index contributed by atoms with van der Waals surface area (Å²) in [5, 5.41) is 3.62. The first-order valence-corrected chi connectivity index (χ1v) is 9.89. The van der Waals surface area contributed by atoms with Crippen LogP contribution in [0.1, 0.15) is 13.8 Å². The van der Waals surface area contributed by atoms with E-state index >= 15 is 0 Å². The van der Waals surface area contributed by atoms with Crippen LogP contribution in [0, 0.1) is 0 Å². The number of rotatable bonds is 5. The Hall–Kier alpha value is -2.12. The molecule has 0 aliphatic carbocycles. The second-order valence-electron chi connectivity index (χ2n) is 5.72. The Morgan fingerprint density at radius 3 is 2.77 bits per heavy atom. The van der Waals surface area contributed by atoms with Crippen LogP contribution in [-0.4, -0.2) is 20.7 Å². The number of carbonyl (C=O) groups excluding carboxylic acids is 1. The van der Waals surface area contributed by atoms with Crippen molar-refractivity contribution in [2.24, 2.45) is 0 Å². The summed E-state index contributed by atoms with van der Waals surface area (Å²) in [5.74, 6) is -0.141. The second kappa shape index (κ2) is 8.05. The zero-order valence-electron chi connectivity index (χ0n) is 14.4. The van der Waals surface area contributed by atoms with Gasteiger partial charge in [0, 0.05) is 16.7 Å². The molecule has 0 radical (unpaired) electrons. The minimum absolute atomic E-state index is 0.0831. The van der Waals surface area contributed by atoms with E-state index in [-0.39, 0.29) is 11.5 Å². The lowest BCUT2D eigenvalue weighted by Crippen LogP contribution is -2.26. The molecule has 1 amide bonds. The van der Waals surface area contributed by atoms with Gasteiger partial charge in [-0.15, -0.1) is 0 Å². The van der Waals surface area contributed by atoms with Crippen molar-refractivity contribution in [3.63, 3.8) is 0 Å². The lowest BCUT2D eigenvalue weighted by Gasteiger charge is -2.15. The Labute approximate surface area is 164 Å². The number of amides is 1. The van der Waals surface area contributed by atoms with Crippen LogP contribution >= 0.6 is 27.7 Å². The summed E-state index contributed by atoms with van der Waals surface area (Å²) in [6.07, 6.45) is 0. The number of anilines is 1. The molecule has 1 N–H and O–H groups in total. The zero-order chi connectivity index (χ0) is 18.7. The van der Waals surface area contributed by atoms with Crippen LogP contribution in [-0.2, 0) is 11.3 Å². The smallest absolute Gasteiger partial charge is 0.262 e. The van der Waals surface area contributed by atoms with E-state index in [0.717, 1.165) is 10.2 Å². The third-order valence-electron chi connectivity index (χ3n) is 3.89. The molecule has 1 unspecified atom stereocenters. The van der Waals surface area contributed by atoms with E-state index in [4.69, 9.17) is 0 Å². The highest BCUT2D eigenvalue weighted by Gasteiger charge is 2.19. The number of para-hydroxylation sites is 1. The third kappa shape index (κ3) is 3.99. The van der Waals surface area contributed by atoms with Gasteiger partial charge in [0.15, 0.2) is 5.16 Å². The van der Waals surface area contributed by atoms with Gasteiger partial charge < -0.3 is 5.32 Å². The van der Waals surface area contributed by atoms with Gasteiger partial charge in [-0.2, -0.15) is 0 Å². The number of fused-ring (bicyclic) bond motifs is 1. The van der Waals surface area contributed by atoms with Crippen molar-refractivity contribution in [1.82, 2.24) is 9.55 Å². The number of hydrogen-bond donors (Lipinski definition) is 1. The SMILES string of the molecule is CCn1c(SC(C)C(=O)Nc2cccc(Br)c2)nc2ccccc2c1=O. The minimum atomic E-state index is -0.403. The predicted molar refractivity (Wildman–Crippen MR) is 110 cm³/mol. The summed E-state index contributed by atoms with van der Waals surface area (Å²) in [5.41, 5.74) is 1.28. The number of carbonyl (C=O) groups is 1. The molecule has 3 rings (SSSR count). The van der Waals surface area contributed by atoms with Crippen LogP contribution in [0.3, 0.4) is 0 Å². The number of thioether (sulfide) groups is 1. The molecule has 5 nitrogen and oxygen atoms in total. The van der Waals surface area contributed by atoms with Crippen molar-refractivity contribution >= 4 is 50.2 Å². The van der Waals surface area contributed by atoms with E-state index in [1.165, 1.54) is 11.8 Å². The van der Waals surface area contributed by atoms with Gasteiger partial charge in [0.25, 0.3) is 5.56 Å². The maximum atomic E-state index is 12.7. The number of halogens is 1. The molecule has 0 spiro atoms. The highest BCUT2D eigenvalue weighted by atomic mass is 79.9. The molecule has 134 valence electrons. The Morgan fingerprint density at radius 1 is 1.27 bits per heavy atom. The quantitative estimate of drug-likeness (QED) is 0.483. The maximum absolute atomic E-state index is 12.7. The summed E-state index contributed by atoms with van der Waals surface area (Å²) in [4.78, 5) is 29.8. The molecule has 0 aliphatic rings. The van der Waals surface area contributed by atoms with E-state index in [1.807, 2.05) is 49.4 Å². The van der Waals surface area contributed by atoms with Crippen molar-refractivity contribution in [2.45, 2.75) is 30.8 Å². The molecule has 7 heteroatoms. The van der Waals surface area contributed by atoms with E-state index in [0.29, 0.717) is 22.6 Å². The topological polar surface area (TPSA) is 64.0 Å². The zero-order valence-corrected chi connectivity index (χ0v) is 16.8. The first-order valence-electron chi connectivity index (χ1n) is 8.22. The first-order chi connectivity index (χ1) is 12.5. The van der Waals surface area contributed by atoms with Gasteiger partial charge in [-0.25, -0.2) is 4.98 Å². The molecule has 0 fully saturated rings. The maximum Gasteiger partial charge on any atom is 0.262 e. The lowest BCUT2D eigenvalue weighted by molar-refractivity contribution is -0.115. The summed E-state index contributed by atoms with van der Waals surface area (Å²) in [6.45, 7) is 4.20. The molecule has 1 heterocycles. The standard InChI is InChI=1S/C19H18BrN3O2S/c1-3-23-18(25)15-9-4-5-10-16(15)22-19(23)26-12(2)17(24)21-14-8-6-7-13(20)11-14/h4-12H,3H2,1-2H3,(H,21,24). The van der Waals surface area contributed by atoms with Crippen LogP contribution in [0.25, 0.3) is 10.9 Å². The Balaban J connectivity index is 1.85. The van der Waals surface area contributed by atoms with Crippen molar-refractivity contribution in [3.05, 3.63) is 63.4 Å². The highest BCUT2D eigenvalue weighted by Crippen LogP contribution is 2.24. The summed E-state index contributed by atoms with van der Waals surface area (Å²) < 4.78 is 2.50. The van der Waals surface area contributed by atoms with Crippen LogP contribution in [0.15, 0.2) is 63.0 Å². The molecule has 0 saturated carbocycles. The molecule has 0 bridgehead atoms. The number of nitrogens with zero attached hydrogens (tertiary/aromatic N) is 2. The van der Waals surface area contributed by atoms with Crippen LogP contribution in [0.5, 0.6) is 0 Å². The Morgan fingerprint density at radius 2 is 2.04 bits per heavy atom. The normalized spacial score (nSPS) is 12.1. The monoisotopic (exact) mass is 431 g/mol. The van der Waals surface area contributed by atoms with Gasteiger partial charge in [-0.3, -0.25) is 14.2 Å². The van der Waals surface area contributed by atoms with Crippen LogP contribution in [0.4, 0.5) is 5.69 Å². The van der Waals surface area contributed by atoms with E-state index < -0.39 is 5.25 Å². The van der Waals surface area contributed by atoms with Crippen molar-refractivity contribution in [1.29, 1.82) is 0 Å². The molecular weight excluding hydrogens is 414 g/mol. The van der Waals surface area contributed by atoms with Gasteiger partial charge >= 0.3 is 0 Å². The molecule has 2 aromatic carbocycles. The second-order valence-corrected chi connectivity index (χ2v) is 7.94. The molecule has 1 aromatic heterocycles. The predicted octanol–water partition coefficient (Wildman–Crippen LogP) is 4.30. The fourth-order valence-electron chi connectivity index (χ4n) is 2.54. The Kier molecular flexibility index (Phi) is 5.78. The molecular formula is C19H18BrN3O2S.